The van der Waals surface area contributed by atoms with Crippen LogP contribution in [0, 0.1) is 0 Å². The van der Waals surface area contributed by atoms with Crippen molar-refractivity contribution in [3.05, 3.63) is 28.1 Å². The lowest BCUT2D eigenvalue weighted by atomic mass is 10.2. The van der Waals surface area contributed by atoms with Crippen molar-refractivity contribution in [2.45, 2.75) is 0 Å². The Morgan fingerprint density at radius 3 is 2.86 bits per heavy atom. The van der Waals surface area contributed by atoms with Crippen LogP contribution < -0.4 is 0 Å². The highest BCUT2D eigenvalue weighted by Crippen LogP contribution is 2.29. The molecule has 2 heterocycles. The van der Waals surface area contributed by atoms with Crippen LogP contribution in [0.4, 0.5) is 0 Å². The third-order valence-corrected chi connectivity index (χ3v) is 2.29. The van der Waals surface area contributed by atoms with Gasteiger partial charge in [-0.25, -0.2) is 9.78 Å². The van der Waals surface area contributed by atoms with Gasteiger partial charge in [0.2, 0.25) is 5.71 Å². The number of carboxylic acids is 1. The van der Waals surface area contributed by atoms with Gasteiger partial charge in [-0.2, -0.15) is 0 Å². The molecule has 0 aliphatic carbocycles. The minimum atomic E-state index is -1.14. The van der Waals surface area contributed by atoms with Crippen LogP contribution in [0.3, 0.4) is 0 Å². The molecule has 0 bridgehead atoms. The molecule has 0 fully saturated rings. The summed E-state index contributed by atoms with van der Waals surface area (Å²) >= 11 is 11.4. The summed E-state index contributed by atoms with van der Waals surface area (Å²) in [6, 6.07) is 1.43. The molecule has 4 nitrogen and oxygen atoms in total. The lowest BCUT2D eigenvalue weighted by Crippen LogP contribution is -1.98. The number of rotatable bonds is 1. The number of furan rings is 1. The number of carboxylic acid groups (broad SMARTS) is 1. The fourth-order valence-electron chi connectivity index (χ4n) is 1.08. The predicted octanol–water partition coefficient (Wildman–Crippen LogP) is 2.83. The Labute approximate surface area is 88.1 Å². The lowest BCUT2D eigenvalue weighted by Gasteiger charge is -1.96. The van der Waals surface area contributed by atoms with E-state index in [-0.39, 0.29) is 21.5 Å². The fourth-order valence-corrected chi connectivity index (χ4v) is 1.53. The third-order valence-electron chi connectivity index (χ3n) is 1.70. The maximum absolute atomic E-state index is 10.7. The van der Waals surface area contributed by atoms with Gasteiger partial charge in [0.15, 0.2) is 5.22 Å². The molecule has 0 aliphatic heterocycles. The molecule has 0 unspecified atom stereocenters. The van der Waals surface area contributed by atoms with E-state index in [1.54, 1.807) is 0 Å². The second-order valence-corrected chi connectivity index (χ2v) is 3.31. The number of hydrogen-bond donors (Lipinski definition) is 1. The first kappa shape index (κ1) is 9.30. The van der Waals surface area contributed by atoms with Gasteiger partial charge in [0, 0.05) is 12.3 Å². The summed E-state index contributed by atoms with van der Waals surface area (Å²) < 4.78 is 4.96. The molecule has 0 spiro atoms. The van der Waals surface area contributed by atoms with Crippen LogP contribution in [0.1, 0.15) is 10.4 Å². The zero-order valence-corrected chi connectivity index (χ0v) is 8.13. The molecule has 0 aromatic carbocycles. The molecule has 0 atom stereocenters. The molecule has 6 heteroatoms. The molecule has 0 saturated carbocycles. The second-order valence-electron chi connectivity index (χ2n) is 2.56. The number of hydrogen-bond acceptors (Lipinski definition) is 3. The van der Waals surface area contributed by atoms with E-state index in [4.69, 9.17) is 32.7 Å². The summed E-state index contributed by atoms with van der Waals surface area (Å²) in [6.45, 7) is 0. The first-order valence-electron chi connectivity index (χ1n) is 3.56. The van der Waals surface area contributed by atoms with E-state index < -0.39 is 5.97 Å². The zero-order valence-electron chi connectivity index (χ0n) is 6.62. The highest BCUT2D eigenvalue weighted by Gasteiger charge is 2.15. The van der Waals surface area contributed by atoms with Crippen LogP contribution in [0.2, 0.25) is 10.2 Å². The molecule has 0 aliphatic rings. The number of aromatic carboxylic acids is 1. The number of fused-ring (bicyclic) bond motifs is 1. The minimum absolute atomic E-state index is 0.0726. The van der Waals surface area contributed by atoms with Gasteiger partial charge in [0.25, 0.3) is 0 Å². The summed E-state index contributed by atoms with van der Waals surface area (Å²) in [5.74, 6) is -1.14. The van der Waals surface area contributed by atoms with Gasteiger partial charge >= 0.3 is 5.97 Å². The van der Waals surface area contributed by atoms with E-state index in [1.807, 2.05) is 0 Å². The highest BCUT2D eigenvalue weighted by molar-refractivity contribution is 6.38. The summed E-state index contributed by atoms with van der Waals surface area (Å²) in [5.41, 5.74) is 0.154. The van der Waals surface area contributed by atoms with Crippen molar-refractivity contribution < 1.29 is 14.3 Å². The SMILES string of the molecule is O=C(O)c1cnc2oc(Cl)cc2c1Cl. The number of aromatic nitrogens is 1. The van der Waals surface area contributed by atoms with Crippen molar-refractivity contribution in [2.24, 2.45) is 0 Å². The predicted molar refractivity (Wildman–Crippen MR) is 51.0 cm³/mol. The Morgan fingerprint density at radius 2 is 2.21 bits per heavy atom. The maximum atomic E-state index is 10.7. The fraction of sp³-hybridized carbons (Fsp3) is 0. The normalized spacial score (nSPS) is 10.7. The van der Waals surface area contributed by atoms with Crippen molar-refractivity contribution in [1.82, 2.24) is 4.98 Å². The van der Waals surface area contributed by atoms with E-state index in [9.17, 15) is 4.79 Å². The number of pyridine rings is 1. The van der Waals surface area contributed by atoms with Crippen molar-refractivity contribution >= 4 is 40.3 Å². The highest BCUT2D eigenvalue weighted by atomic mass is 35.5. The van der Waals surface area contributed by atoms with Gasteiger partial charge in [0.05, 0.1) is 16.0 Å². The monoisotopic (exact) mass is 231 g/mol. The summed E-state index contributed by atoms with van der Waals surface area (Å²) in [7, 11) is 0. The number of halogens is 2. The van der Waals surface area contributed by atoms with Gasteiger partial charge in [-0.1, -0.05) is 11.6 Å². The van der Waals surface area contributed by atoms with Crippen LogP contribution in [0.5, 0.6) is 0 Å². The Morgan fingerprint density at radius 1 is 1.50 bits per heavy atom. The molecule has 14 heavy (non-hydrogen) atoms. The van der Waals surface area contributed by atoms with Gasteiger partial charge in [-0.3, -0.25) is 0 Å². The smallest absolute Gasteiger partial charge is 0.338 e. The average molecular weight is 232 g/mol. The van der Waals surface area contributed by atoms with E-state index in [0.717, 1.165) is 6.20 Å². The van der Waals surface area contributed by atoms with E-state index in [1.165, 1.54) is 6.07 Å². The van der Waals surface area contributed by atoms with E-state index in [2.05, 4.69) is 4.98 Å². The van der Waals surface area contributed by atoms with E-state index >= 15 is 0 Å². The standard InChI is InChI=1S/C8H3Cl2NO3/c9-5-1-3-6(10)4(8(12)13)2-11-7(3)14-5/h1-2H,(H,12,13). The molecule has 2 aromatic heterocycles. The molecule has 0 amide bonds. The Bertz CT molecular complexity index is 521. The summed E-state index contributed by atoms with van der Waals surface area (Å²) in [6.07, 6.45) is 1.13. The molecular weight excluding hydrogens is 229 g/mol. The molecule has 72 valence electrons. The summed E-state index contributed by atoms with van der Waals surface area (Å²) in [5, 5.41) is 9.35. The van der Waals surface area contributed by atoms with Gasteiger partial charge in [-0.05, 0) is 11.6 Å². The molecule has 2 aromatic rings. The largest absolute Gasteiger partial charge is 0.478 e. The molecule has 1 N–H and O–H groups in total. The topological polar surface area (TPSA) is 63.3 Å². The maximum Gasteiger partial charge on any atom is 0.338 e. The van der Waals surface area contributed by atoms with Crippen molar-refractivity contribution in [3.8, 4) is 0 Å². The molecular formula is C8H3Cl2NO3. The van der Waals surface area contributed by atoms with Gasteiger partial charge < -0.3 is 9.52 Å². The first-order chi connectivity index (χ1) is 6.59. The zero-order chi connectivity index (χ0) is 10.3. The van der Waals surface area contributed by atoms with Crippen molar-refractivity contribution in [2.75, 3.05) is 0 Å². The second kappa shape index (κ2) is 3.15. The van der Waals surface area contributed by atoms with Crippen LogP contribution in [-0.2, 0) is 0 Å². The van der Waals surface area contributed by atoms with Crippen LogP contribution in [0.15, 0.2) is 16.7 Å². The molecule has 2 rings (SSSR count). The van der Waals surface area contributed by atoms with Crippen LogP contribution in [-0.4, -0.2) is 16.1 Å². The summed E-state index contributed by atoms with van der Waals surface area (Å²) in [4.78, 5) is 14.5. The quantitative estimate of drug-likeness (QED) is 0.820. The van der Waals surface area contributed by atoms with Crippen molar-refractivity contribution in [3.63, 3.8) is 0 Å². The van der Waals surface area contributed by atoms with E-state index in [0.29, 0.717) is 5.39 Å². The number of carbonyl (C=O) groups is 1. The average Bonchev–Trinajstić information content (AvgIpc) is 2.46. The number of nitrogens with zero attached hydrogens (tertiary/aromatic N) is 1. The van der Waals surface area contributed by atoms with Crippen LogP contribution >= 0.6 is 23.2 Å². The Kier molecular flexibility index (Phi) is 2.09. The third kappa shape index (κ3) is 1.32. The van der Waals surface area contributed by atoms with Gasteiger partial charge in [0.1, 0.15) is 0 Å². The Hall–Kier alpha value is -1.26. The first-order valence-corrected chi connectivity index (χ1v) is 4.32. The molecule has 0 radical (unpaired) electrons. The van der Waals surface area contributed by atoms with Crippen LogP contribution in [0.25, 0.3) is 11.1 Å². The Balaban J connectivity index is 2.80. The lowest BCUT2D eigenvalue weighted by molar-refractivity contribution is 0.0697. The van der Waals surface area contributed by atoms with Gasteiger partial charge in [-0.15, -0.1) is 0 Å². The minimum Gasteiger partial charge on any atom is -0.478 e. The molecule has 0 saturated heterocycles. The van der Waals surface area contributed by atoms with Crippen molar-refractivity contribution in [1.29, 1.82) is 0 Å².